The summed E-state index contributed by atoms with van der Waals surface area (Å²) < 4.78 is 4.12. The minimum absolute atomic E-state index is 0.155. The average Bonchev–Trinajstić information content (AvgIpc) is 3.86. The normalized spacial score (nSPS) is 12.1. The van der Waals surface area contributed by atoms with Gasteiger partial charge < -0.3 is 14.9 Å². The molecule has 6 rings (SSSR count). The number of nitrogens with two attached hydrogens (primary N) is 1. The summed E-state index contributed by atoms with van der Waals surface area (Å²) in [5.41, 5.74) is 8.27. The van der Waals surface area contributed by atoms with E-state index in [1.165, 1.54) is 17.6 Å². The van der Waals surface area contributed by atoms with E-state index >= 15 is 0 Å². The molecule has 6 aromatic heterocycles. The van der Waals surface area contributed by atoms with Crippen LogP contribution in [0.3, 0.4) is 0 Å². The molecule has 263 valence electrons. The SMILES string of the molecule is CC(CC(CC(C)n1ccnc1)n1ccnc1)C(N)=O.Clc1ccnc(-c2cc(Cl)ccn2)c1.Clc1ccnc(-c2cc(Cl)ccn2)c1.[Cl][Os]. The van der Waals surface area contributed by atoms with Gasteiger partial charge >= 0.3 is 27.2 Å². The fourth-order valence-corrected chi connectivity index (χ4v) is 5.21. The van der Waals surface area contributed by atoms with Crippen molar-refractivity contribution in [1.82, 2.24) is 39.0 Å². The number of carbonyl (C=O) groups excluding carboxylic acids is 1. The molecule has 6 aromatic rings. The average molecular weight is 951 g/mol. The molecule has 2 N–H and O–H groups in total. The standard InChI is InChI=1S/C14H21N5O.2C10H6Cl2N2.ClH.Os/c1-11(14(15)20)7-13(19-6-4-17-10-19)8-12(2)18-5-3-16-9-18;2*11-7-1-3-13-9(5-7)10-6-8(12)2-4-14-10;;/h3-6,9-13H,7-8H2,1-2H3,(H2,15,20);2*1-6H;1H;/q;;;;+1/p-1. The summed E-state index contributed by atoms with van der Waals surface area (Å²) in [5.74, 6) is -0.414. The number of nitrogens with zero attached hydrogens (tertiary/aromatic N) is 8. The molecule has 0 aliphatic carbocycles. The number of amides is 1. The van der Waals surface area contributed by atoms with Crippen molar-refractivity contribution in [3.63, 3.8) is 0 Å². The molecule has 0 saturated carbocycles. The third-order valence-corrected chi connectivity index (χ3v) is 8.06. The molecule has 3 unspecified atom stereocenters. The Morgan fingerprint density at radius 2 is 1.00 bits per heavy atom. The van der Waals surface area contributed by atoms with Gasteiger partial charge in [0.25, 0.3) is 0 Å². The first-order valence-corrected chi connectivity index (χ1v) is 19.6. The third kappa shape index (κ3) is 13.7. The van der Waals surface area contributed by atoms with Crippen LogP contribution in [0.25, 0.3) is 22.8 Å². The van der Waals surface area contributed by atoms with Crippen molar-refractivity contribution < 1.29 is 22.4 Å². The molecule has 16 heteroatoms. The molecule has 0 bridgehead atoms. The van der Waals surface area contributed by atoms with E-state index in [1.807, 2.05) is 30.2 Å². The van der Waals surface area contributed by atoms with Crippen LogP contribution >= 0.6 is 56.0 Å². The maximum absolute atomic E-state index is 11.3. The Hall–Kier alpha value is -3.42. The zero-order chi connectivity index (χ0) is 36.5. The molecule has 0 aliphatic heterocycles. The number of primary amides is 1. The van der Waals surface area contributed by atoms with Gasteiger partial charge in [0.15, 0.2) is 0 Å². The monoisotopic (exact) mass is 950 g/mol. The molecule has 0 aromatic carbocycles. The Labute approximate surface area is 325 Å². The Morgan fingerprint density at radius 3 is 1.30 bits per heavy atom. The van der Waals surface area contributed by atoms with Crippen molar-refractivity contribution >= 4 is 61.9 Å². The molecule has 6 heterocycles. The summed E-state index contributed by atoms with van der Waals surface area (Å²) in [4.78, 5) is 36.0. The molecule has 50 heavy (non-hydrogen) atoms. The Kier molecular flexibility index (Phi) is 17.8. The summed E-state index contributed by atoms with van der Waals surface area (Å²) in [7, 11) is 4.67. The number of halogens is 5. The molecule has 3 atom stereocenters. The second kappa shape index (κ2) is 21.7. The van der Waals surface area contributed by atoms with Crippen molar-refractivity contribution in [1.29, 1.82) is 0 Å². The molecule has 0 radical (unpaired) electrons. The summed E-state index contributed by atoms with van der Waals surface area (Å²) in [6.45, 7) is 4.01. The first kappa shape index (κ1) is 41.0. The first-order valence-electron chi connectivity index (χ1n) is 14.9. The van der Waals surface area contributed by atoms with Gasteiger partial charge in [-0.25, -0.2) is 9.97 Å². The van der Waals surface area contributed by atoms with Crippen molar-refractivity contribution in [2.24, 2.45) is 11.7 Å². The van der Waals surface area contributed by atoms with Crippen LogP contribution in [0.5, 0.6) is 0 Å². The van der Waals surface area contributed by atoms with Crippen molar-refractivity contribution in [2.45, 2.75) is 38.8 Å². The van der Waals surface area contributed by atoms with Gasteiger partial charge in [-0.2, -0.15) is 0 Å². The van der Waals surface area contributed by atoms with Gasteiger partial charge in [-0.3, -0.25) is 24.7 Å². The number of hydrogen-bond acceptors (Lipinski definition) is 7. The molecular formula is C34H33Cl5N9OOs. The number of imidazole rings is 2. The molecule has 0 aliphatic rings. The summed E-state index contributed by atoms with van der Waals surface area (Å²) >= 11 is 24.7. The summed E-state index contributed by atoms with van der Waals surface area (Å²) in [6.07, 6.45) is 19.2. The van der Waals surface area contributed by atoms with Gasteiger partial charge in [-0.05, 0) is 68.3 Å². The second-order valence-corrected chi connectivity index (χ2v) is 12.5. The van der Waals surface area contributed by atoms with Crippen LogP contribution in [0.4, 0.5) is 0 Å². The van der Waals surface area contributed by atoms with Crippen LogP contribution in [0, 0.1) is 5.92 Å². The molecule has 1 amide bonds. The quantitative estimate of drug-likeness (QED) is 0.153. The van der Waals surface area contributed by atoms with Crippen LogP contribution in [0.2, 0.25) is 20.1 Å². The second-order valence-electron chi connectivity index (χ2n) is 10.7. The third-order valence-electron chi connectivity index (χ3n) is 7.12. The van der Waals surface area contributed by atoms with Gasteiger partial charge in [0.1, 0.15) is 0 Å². The molecule has 0 spiro atoms. The topological polar surface area (TPSA) is 130 Å². The van der Waals surface area contributed by atoms with E-state index in [4.69, 9.17) is 52.1 Å². The van der Waals surface area contributed by atoms with E-state index in [0.717, 1.165) is 29.2 Å². The van der Waals surface area contributed by atoms with E-state index in [-0.39, 0.29) is 17.9 Å². The zero-order valence-corrected chi connectivity index (χ0v) is 33.2. The van der Waals surface area contributed by atoms with E-state index < -0.39 is 0 Å². The number of hydrogen-bond donors (Lipinski definition) is 1. The van der Waals surface area contributed by atoms with Gasteiger partial charge in [0.05, 0.1) is 35.4 Å². The van der Waals surface area contributed by atoms with Crippen molar-refractivity contribution in [3.8, 4) is 22.8 Å². The Bertz CT molecular complexity index is 1710. The predicted octanol–water partition coefficient (Wildman–Crippen LogP) is 9.37. The number of aromatic nitrogens is 8. The maximum atomic E-state index is 11.3. The van der Waals surface area contributed by atoms with E-state index in [1.54, 1.807) is 92.0 Å². The van der Waals surface area contributed by atoms with E-state index in [0.29, 0.717) is 32.6 Å². The van der Waals surface area contributed by atoms with Crippen LogP contribution in [-0.2, 0) is 22.4 Å². The zero-order valence-electron chi connectivity index (χ0n) is 26.8. The summed E-state index contributed by atoms with van der Waals surface area (Å²) in [5, 5.41) is 2.54. The number of rotatable bonds is 9. The van der Waals surface area contributed by atoms with Gasteiger partial charge in [0.2, 0.25) is 5.91 Å². The van der Waals surface area contributed by atoms with E-state index in [9.17, 15) is 4.79 Å². The Balaban J connectivity index is 0.000000202. The molecule has 0 fully saturated rings. The molecule has 10 nitrogen and oxygen atoms in total. The van der Waals surface area contributed by atoms with Gasteiger partial charge in [0, 0.05) is 87.7 Å². The van der Waals surface area contributed by atoms with E-state index in [2.05, 4.69) is 51.0 Å². The number of carbonyl (C=O) groups is 1. The fraction of sp³-hybridized carbons (Fsp3) is 0.206. The molecular weight excluding hydrogens is 918 g/mol. The van der Waals surface area contributed by atoms with Crippen LogP contribution in [0.1, 0.15) is 38.8 Å². The minimum atomic E-state index is -0.259. The molecule has 0 saturated heterocycles. The van der Waals surface area contributed by atoms with Crippen molar-refractivity contribution in [3.05, 3.63) is 131 Å². The summed E-state index contributed by atoms with van der Waals surface area (Å²) in [6, 6.07) is 14.4. The predicted molar refractivity (Wildman–Crippen MR) is 197 cm³/mol. The van der Waals surface area contributed by atoms with Crippen LogP contribution < -0.4 is 5.73 Å². The number of pyridine rings is 4. The van der Waals surface area contributed by atoms with Gasteiger partial charge in [-0.15, -0.1) is 0 Å². The van der Waals surface area contributed by atoms with Crippen LogP contribution in [0.15, 0.2) is 111 Å². The van der Waals surface area contributed by atoms with Crippen molar-refractivity contribution in [2.75, 3.05) is 0 Å². The van der Waals surface area contributed by atoms with Crippen LogP contribution in [-0.4, -0.2) is 44.9 Å². The fourth-order valence-electron chi connectivity index (χ4n) is 4.57. The Morgan fingerprint density at radius 1 is 0.640 bits per heavy atom. The van der Waals surface area contributed by atoms with Gasteiger partial charge in [-0.1, -0.05) is 53.3 Å². The first-order chi connectivity index (χ1) is 24.1.